The van der Waals surface area contributed by atoms with E-state index in [9.17, 15) is 4.79 Å². The third-order valence-electron chi connectivity index (χ3n) is 2.91. The van der Waals surface area contributed by atoms with Crippen LogP contribution in [0.2, 0.25) is 0 Å². The zero-order chi connectivity index (χ0) is 13.5. The number of carbonyl (C=O) groups excluding carboxylic acids is 1. The standard InChI is InChI=1S/C14H16N2O2S/c15-8-9-18-12-6-2-1-5-11(12)16-14(17)13-7-3-4-10-19-13/h1-2,5-6,13H,3-4,7,9-10H2,(H,16,17). The Morgan fingerprint density at radius 3 is 3.05 bits per heavy atom. The smallest absolute Gasteiger partial charge is 0.237 e. The van der Waals surface area contributed by atoms with Crippen LogP contribution < -0.4 is 10.1 Å². The van der Waals surface area contributed by atoms with E-state index in [1.54, 1.807) is 23.9 Å². The van der Waals surface area contributed by atoms with Gasteiger partial charge in [0.15, 0.2) is 6.61 Å². The van der Waals surface area contributed by atoms with Gasteiger partial charge in [-0.15, -0.1) is 11.8 Å². The average Bonchev–Trinajstić information content (AvgIpc) is 2.47. The number of carbonyl (C=O) groups is 1. The number of anilines is 1. The molecule has 100 valence electrons. The molecule has 1 aromatic rings. The van der Waals surface area contributed by atoms with Crippen molar-refractivity contribution in [3.8, 4) is 11.8 Å². The maximum Gasteiger partial charge on any atom is 0.237 e. The summed E-state index contributed by atoms with van der Waals surface area (Å²) in [5.74, 6) is 1.61. The summed E-state index contributed by atoms with van der Waals surface area (Å²) in [6.07, 6.45) is 3.23. The zero-order valence-corrected chi connectivity index (χ0v) is 11.4. The largest absolute Gasteiger partial charge is 0.477 e. The SMILES string of the molecule is N#CCOc1ccccc1NC(=O)C1CCCCS1. The summed E-state index contributed by atoms with van der Waals surface area (Å²) in [4.78, 5) is 12.1. The van der Waals surface area contributed by atoms with Crippen LogP contribution in [0.1, 0.15) is 19.3 Å². The molecule has 1 N–H and O–H groups in total. The van der Waals surface area contributed by atoms with Gasteiger partial charge in [-0.25, -0.2) is 0 Å². The third kappa shape index (κ3) is 3.90. The maximum absolute atomic E-state index is 12.1. The van der Waals surface area contributed by atoms with Crippen LogP contribution in [0.4, 0.5) is 5.69 Å². The molecule has 1 heterocycles. The van der Waals surface area contributed by atoms with Gasteiger partial charge in [-0.05, 0) is 30.7 Å². The van der Waals surface area contributed by atoms with Crippen molar-refractivity contribution in [2.75, 3.05) is 17.7 Å². The molecular formula is C14H16N2O2S. The van der Waals surface area contributed by atoms with Gasteiger partial charge in [0.1, 0.15) is 11.8 Å². The predicted molar refractivity (Wildman–Crippen MR) is 76.3 cm³/mol. The quantitative estimate of drug-likeness (QED) is 0.918. The van der Waals surface area contributed by atoms with Crippen molar-refractivity contribution in [2.24, 2.45) is 0 Å². The highest BCUT2D eigenvalue weighted by Gasteiger charge is 2.22. The molecule has 1 amide bonds. The topological polar surface area (TPSA) is 62.1 Å². The lowest BCUT2D eigenvalue weighted by Gasteiger charge is -2.21. The second-order valence-electron chi connectivity index (χ2n) is 4.29. The van der Waals surface area contributed by atoms with Crippen molar-refractivity contribution in [1.82, 2.24) is 0 Å². The highest BCUT2D eigenvalue weighted by atomic mass is 32.2. The molecule has 2 rings (SSSR count). The summed E-state index contributed by atoms with van der Waals surface area (Å²) in [6, 6.07) is 9.12. The Kier molecular flexibility index (Phi) is 5.10. The molecule has 1 fully saturated rings. The van der Waals surface area contributed by atoms with E-state index in [0.717, 1.165) is 18.6 Å². The summed E-state index contributed by atoms with van der Waals surface area (Å²) in [7, 11) is 0. The Balaban J connectivity index is 2.01. The van der Waals surface area contributed by atoms with Crippen molar-refractivity contribution in [3.05, 3.63) is 24.3 Å². The van der Waals surface area contributed by atoms with E-state index in [0.29, 0.717) is 11.4 Å². The van der Waals surface area contributed by atoms with Gasteiger partial charge in [0, 0.05) is 0 Å². The van der Waals surface area contributed by atoms with Crippen LogP contribution in [-0.4, -0.2) is 23.5 Å². The fraction of sp³-hybridized carbons (Fsp3) is 0.429. The van der Waals surface area contributed by atoms with Crippen LogP contribution in [0.5, 0.6) is 5.75 Å². The molecule has 19 heavy (non-hydrogen) atoms. The van der Waals surface area contributed by atoms with Crippen molar-refractivity contribution in [1.29, 1.82) is 5.26 Å². The van der Waals surface area contributed by atoms with E-state index in [2.05, 4.69) is 5.32 Å². The Bertz CT molecular complexity index is 479. The minimum absolute atomic E-state index is 0.0228. The number of benzene rings is 1. The molecule has 0 aromatic heterocycles. The van der Waals surface area contributed by atoms with E-state index < -0.39 is 0 Å². The molecule has 0 bridgehead atoms. The zero-order valence-electron chi connectivity index (χ0n) is 10.6. The first kappa shape index (κ1) is 13.8. The monoisotopic (exact) mass is 276 g/mol. The Morgan fingerprint density at radius 2 is 2.32 bits per heavy atom. The molecule has 1 aliphatic heterocycles. The number of nitrogens with one attached hydrogen (secondary N) is 1. The number of nitrogens with zero attached hydrogens (tertiary/aromatic N) is 1. The van der Waals surface area contributed by atoms with Gasteiger partial charge in [-0.3, -0.25) is 4.79 Å². The van der Waals surface area contributed by atoms with E-state index >= 15 is 0 Å². The highest BCUT2D eigenvalue weighted by Crippen LogP contribution is 2.28. The minimum atomic E-state index is -0.0228. The fourth-order valence-corrected chi connectivity index (χ4v) is 3.17. The van der Waals surface area contributed by atoms with Crippen LogP contribution in [0.3, 0.4) is 0 Å². The molecule has 0 saturated carbocycles. The lowest BCUT2D eigenvalue weighted by atomic mass is 10.1. The molecule has 1 aromatic carbocycles. The molecule has 1 saturated heterocycles. The second kappa shape index (κ2) is 7.05. The minimum Gasteiger partial charge on any atom is -0.477 e. The van der Waals surface area contributed by atoms with Gasteiger partial charge in [-0.2, -0.15) is 5.26 Å². The third-order valence-corrected chi connectivity index (χ3v) is 4.29. The number of hydrogen-bond acceptors (Lipinski definition) is 4. The maximum atomic E-state index is 12.1. The number of nitriles is 1. The fourth-order valence-electron chi connectivity index (χ4n) is 1.97. The first-order chi connectivity index (χ1) is 9.31. The first-order valence-corrected chi connectivity index (χ1v) is 7.37. The number of rotatable bonds is 4. The Morgan fingerprint density at radius 1 is 1.47 bits per heavy atom. The van der Waals surface area contributed by atoms with Crippen molar-refractivity contribution in [2.45, 2.75) is 24.5 Å². The molecular weight excluding hydrogens is 260 g/mol. The molecule has 1 atom stereocenters. The van der Waals surface area contributed by atoms with Gasteiger partial charge in [0.25, 0.3) is 0 Å². The number of para-hydroxylation sites is 2. The summed E-state index contributed by atoms with van der Waals surface area (Å²) in [5.41, 5.74) is 0.633. The van der Waals surface area contributed by atoms with Gasteiger partial charge in [0.2, 0.25) is 5.91 Å². The lowest BCUT2D eigenvalue weighted by molar-refractivity contribution is -0.115. The van der Waals surface area contributed by atoms with E-state index in [1.165, 1.54) is 6.42 Å². The normalized spacial score (nSPS) is 18.4. The van der Waals surface area contributed by atoms with Crippen molar-refractivity contribution >= 4 is 23.4 Å². The van der Waals surface area contributed by atoms with Gasteiger partial charge >= 0.3 is 0 Å². The molecule has 1 unspecified atom stereocenters. The average molecular weight is 276 g/mol. The number of ether oxygens (including phenoxy) is 1. The summed E-state index contributed by atoms with van der Waals surface area (Å²) in [5, 5.41) is 11.5. The molecule has 0 radical (unpaired) electrons. The molecule has 0 aliphatic carbocycles. The van der Waals surface area contributed by atoms with Crippen LogP contribution >= 0.6 is 11.8 Å². The number of amides is 1. The van der Waals surface area contributed by atoms with Gasteiger partial charge in [-0.1, -0.05) is 18.6 Å². The van der Waals surface area contributed by atoms with Gasteiger partial charge in [0.05, 0.1) is 10.9 Å². The van der Waals surface area contributed by atoms with Crippen LogP contribution in [0.15, 0.2) is 24.3 Å². The van der Waals surface area contributed by atoms with Crippen molar-refractivity contribution in [3.63, 3.8) is 0 Å². The Hall–Kier alpha value is -1.67. The van der Waals surface area contributed by atoms with Crippen molar-refractivity contribution < 1.29 is 9.53 Å². The predicted octanol–water partition coefficient (Wildman–Crippen LogP) is 2.81. The molecule has 1 aliphatic rings. The lowest BCUT2D eigenvalue weighted by Crippen LogP contribution is -2.27. The number of hydrogen-bond donors (Lipinski definition) is 1. The molecule has 4 nitrogen and oxygen atoms in total. The van der Waals surface area contributed by atoms with Crippen LogP contribution in [-0.2, 0) is 4.79 Å². The Labute approximate surface area is 117 Å². The summed E-state index contributed by atoms with van der Waals surface area (Å²) >= 11 is 1.71. The molecule has 0 spiro atoms. The first-order valence-electron chi connectivity index (χ1n) is 6.32. The van der Waals surface area contributed by atoms with Gasteiger partial charge < -0.3 is 10.1 Å². The second-order valence-corrected chi connectivity index (χ2v) is 5.60. The van der Waals surface area contributed by atoms with E-state index in [-0.39, 0.29) is 17.8 Å². The molecule has 5 heteroatoms. The van der Waals surface area contributed by atoms with Crippen LogP contribution in [0.25, 0.3) is 0 Å². The van der Waals surface area contributed by atoms with E-state index in [1.807, 2.05) is 18.2 Å². The van der Waals surface area contributed by atoms with E-state index in [4.69, 9.17) is 10.00 Å². The summed E-state index contributed by atoms with van der Waals surface area (Å²) in [6.45, 7) is -0.0228. The van der Waals surface area contributed by atoms with Crippen LogP contribution in [0, 0.1) is 11.3 Å². The number of thioether (sulfide) groups is 1. The summed E-state index contributed by atoms with van der Waals surface area (Å²) < 4.78 is 5.29. The highest BCUT2D eigenvalue weighted by molar-refractivity contribution is 8.00.